The third-order valence-electron chi connectivity index (χ3n) is 3.96. The topological polar surface area (TPSA) is 32.3 Å². The number of aryl methyl sites for hydroxylation is 2. The van der Waals surface area contributed by atoms with Gasteiger partial charge in [-0.2, -0.15) is 0 Å². The Morgan fingerprint density at radius 1 is 1.42 bits per heavy atom. The molecule has 1 saturated heterocycles. The van der Waals surface area contributed by atoms with E-state index >= 15 is 0 Å². The summed E-state index contributed by atoms with van der Waals surface area (Å²) in [5.41, 5.74) is 3.76. The number of carbonyl (C=O) groups is 1. The van der Waals surface area contributed by atoms with Crippen molar-refractivity contribution in [2.24, 2.45) is 5.92 Å². The molecule has 3 heteroatoms. The molecule has 1 heterocycles. The summed E-state index contributed by atoms with van der Waals surface area (Å²) in [4.78, 5) is 14.1. The van der Waals surface area contributed by atoms with Gasteiger partial charge in [0.15, 0.2) is 0 Å². The van der Waals surface area contributed by atoms with Gasteiger partial charge in [0.2, 0.25) is 5.91 Å². The maximum atomic E-state index is 12.2. The van der Waals surface area contributed by atoms with E-state index in [-0.39, 0.29) is 5.91 Å². The van der Waals surface area contributed by atoms with Gasteiger partial charge in [0.25, 0.3) is 0 Å². The number of nitrogens with zero attached hydrogens (tertiary/aromatic N) is 1. The van der Waals surface area contributed by atoms with Gasteiger partial charge >= 0.3 is 0 Å². The van der Waals surface area contributed by atoms with Crippen LogP contribution in [0.25, 0.3) is 0 Å². The molecule has 1 unspecified atom stereocenters. The normalized spacial score (nSPS) is 18.6. The molecule has 1 aliphatic rings. The molecule has 1 fully saturated rings. The first-order chi connectivity index (χ1) is 9.06. The lowest BCUT2D eigenvalue weighted by Gasteiger charge is -2.20. The van der Waals surface area contributed by atoms with Gasteiger partial charge in [-0.3, -0.25) is 4.79 Å². The predicted octanol–water partition coefficient (Wildman–Crippen LogP) is 2.26. The highest BCUT2D eigenvalue weighted by atomic mass is 16.2. The zero-order chi connectivity index (χ0) is 13.8. The zero-order valence-corrected chi connectivity index (χ0v) is 12.2. The van der Waals surface area contributed by atoms with E-state index in [1.54, 1.807) is 0 Å². The summed E-state index contributed by atoms with van der Waals surface area (Å²) in [7, 11) is 1.91. The lowest BCUT2D eigenvalue weighted by Crippen LogP contribution is -2.28. The zero-order valence-electron chi connectivity index (χ0n) is 12.2. The molecular formula is C16H24N2O. The second-order valence-electron chi connectivity index (χ2n) is 5.74. The molecule has 1 aliphatic heterocycles. The Bertz CT molecular complexity index is 450. The summed E-state index contributed by atoms with van der Waals surface area (Å²) >= 11 is 0. The highest BCUT2D eigenvalue weighted by molar-refractivity contribution is 5.76. The number of amides is 1. The quantitative estimate of drug-likeness (QED) is 0.900. The molecule has 0 spiro atoms. The van der Waals surface area contributed by atoms with Crippen LogP contribution in [-0.2, 0) is 11.3 Å². The molecule has 104 valence electrons. The Labute approximate surface area is 116 Å². The van der Waals surface area contributed by atoms with E-state index in [0.29, 0.717) is 18.9 Å². The van der Waals surface area contributed by atoms with Crippen LogP contribution >= 0.6 is 0 Å². The maximum Gasteiger partial charge on any atom is 0.222 e. The molecule has 1 aromatic carbocycles. The van der Waals surface area contributed by atoms with Crippen molar-refractivity contribution in [3.8, 4) is 0 Å². The lowest BCUT2D eigenvalue weighted by atomic mass is 10.0. The molecule has 1 aromatic rings. The highest BCUT2D eigenvalue weighted by Crippen LogP contribution is 2.16. The molecule has 0 radical (unpaired) electrons. The SMILES string of the molecule is Cc1ccc(C)c(CN(C)C(=O)CC2CCNC2)c1. The average molecular weight is 260 g/mol. The van der Waals surface area contributed by atoms with E-state index in [2.05, 4.69) is 37.4 Å². The molecular weight excluding hydrogens is 236 g/mol. The molecule has 2 rings (SSSR count). The monoisotopic (exact) mass is 260 g/mol. The first-order valence-corrected chi connectivity index (χ1v) is 7.07. The maximum absolute atomic E-state index is 12.2. The number of carbonyl (C=O) groups excluding carboxylic acids is 1. The third-order valence-corrected chi connectivity index (χ3v) is 3.96. The lowest BCUT2D eigenvalue weighted by molar-refractivity contribution is -0.131. The van der Waals surface area contributed by atoms with E-state index in [0.717, 1.165) is 19.5 Å². The van der Waals surface area contributed by atoms with Crippen molar-refractivity contribution in [1.82, 2.24) is 10.2 Å². The standard InChI is InChI=1S/C16H24N2O/c1-12-4-5-13(2)15(8-12)11-18(3)16(19)9-14-6-7-17-10-14/h4-5,8,14,17H,6-7,9-11H2,1-3H3. The van der Waals surface area contributed by atoms with Crippen molar-refractivity contribution in [3.05, 3.63) is 34.9 Å². The highest BCUT2D eigenvalue weighted by Gasteiger charge is 2.20. The number of rotatable bonds is 4. The van der Waals surface area contributed by atoms with Gasteiger partial charge in [-0.25, -0.2) is 0 Å². The number of nitrogens with one attached hydrogen (secondary N) is 1. The van der Waals surface area contributed by atoms with Crippen molar-refractivity contribution in [2.75, 3.05) is 20.1 Å². The summed E-state index contributed by atoms with van der Waals surface area (Å²) < 4.78 is 0. The van der Waals surface area contributed by atoms with Crippen molar-refractivity contribution in [1.29, 1.82) is 0 Å². The van der Waals surface area contributed by atoms with Crippen LogP contribution in [0.3, 0.4) is 0 Å². The minimum Gasteiger partial charge on any atom is -0.341 e. The Morgan fingerprint density at radius 2 is 2.21 bits per heavy atom. The van der Waals surface area contributed by atoms with Gasteiger partial charge in [0, 0.05) is 20.0 Å². The smallest absolute Gasteiger partial charge is 0.222 e. The van der Waals surface area contributed by atoms with Crippen molar-refractivity contribution in [3.63, 3.8) is 0 Å². The number of benzene rings is 1. The first kappa shape index (κ1) is 14.1. The van der Waals surface area contributed by atoms with E-state index in [9.17, 15) is 4.79 Å². The fourth-order valence-electron chi connectivity index (χ4n) is 2.61. The van der Waals surface area contributed by atoms with Gasteiger partial charge in [-0.05, 0) is 50.4 Å². The van der Waals surface area contributed by atoms with Crippen LogP contribution in [0.4, 0.5) is 0 Å². The van der Waals surface area contributed by atoms with E-state index in [1.165, 1.54) is 16.7 Å². The van der Waals surface area contributed by atoms with E-state index < -0.39 is 0 Å². The third kappa shape index (κ3) is 3.80. The van der Waals surface area contributed by atoms with Gasteiger partial charge in [-0.15, -0.1) is 0 Å². The fraction of sp³-hybridized carbons (Fsp3) is 0.562. The molecule has 1 amide bonds. The van der Waals surface area contributed by atoms with Gasteiger partial charge in [0.05, 0.1) is 0 Å². The molecule has 1 N–H and O–H groups in total. The molecule has 0 aromatic heterocycles. The Balaban J connectivity index is 1.93. The van der Waals surface area contributed by atoms with Crippen LogP contribution in [0.2, 0.25) is 0 Å². The molecule has 0 saturated carbocycles. The van der Waals surface area contributed by atoms with E-state index in [1.807, 2.05) is 11.9 Å². The van der Waals surface area contributed by atoms with Crippen LogP contribution in [0.5, 0.6) is 0 Å². The van der Waals surface area contributed by atoms with Crippen LogP contribution in [-0.4, -0.2) is 30.9 Å². The first-order valence-electron chi connectivity index (χ1n) is 7.07. The molecule has 0 aliphatic carbocycles. The van der Waals surface area contributed by atoms with Crippen molar-refractivity contribution in [2.45, 2.75) is 33.2 Å². The minimum absolute atomic E-state index is 0.259. The number of hydrogen-bond donors (Lipinski definition) is 1. The summed E-state index contributed by atoms with van der Waals surface area (Å²) in [5, 5.41) is 3.31. The largest absolute Gasteiger partial charge is 0.341 e. The van der Waals surface area contributed by atoms with Crippen LogP contribution in [0, 0.1) is 19.8 Å². The predicted molar refractivity (Wildman–Crippen MR) is 78.0 cm³/mol. The molecule has 0 bridgehead atoms. The summed E-state index contributed by atoms with van der Waals surface area (Å²) in [6, 6.07) is 6.42. The second kappa shape index (κ2) is 6.20. The average Bonchev–Trinajstić information content (AvgIpc) is 2.86. The minimum atomic E-state index is 0.259. The van der Waals surface area contributed by atoms with E-state index in [4.69, 9.17) is 0 Å². The Hall–Kier alpha value is -1.35. The van der Waals surface area contributed by atoms with Crippen molar-refractivity contribution >= 4 is 5.91 Å². The van der Waals surface area contributed by atoms with Crippen molar-refractivity contribution < 1.29 is 4.79 Å². The van der Waals surface area contributed by atoms with Crippen LogP contribution in [0.1, 0.15) is 29.5 Å². The molecule has 19 heavy (non-hydrogen) atoms. The summed E-state index contributed by atoms with van der Waals surface area (Å²) in [5.74, 6) is 0.781. The Kier molecular flexibility index (Phi) is 4.59. The molecule has 3 nitrogen and oxygen atoms in total. The summed E-state index contributed by atoms with van der Waals surface area (Å²) in [6.07, 6.45) is 1.80. The van der Waals surface area contributed by atoms with Gasteiger partial charge in [0.1, 0.15) is 0 Å². The summed E-state index contributed by atoms with van der Waals surface area (Å²) in [6.45, 7) is 6.96. The Morgan fingerprint density at radius 3 is 2.89 bits per heavy atom. The number of hydrogen-bond acceptors (Lipinski definition) is 2. The molecule has 1 atom stereocenters. The van der Waals surface area contributed by atoms with Gasteiger partial charge in [-0.1, -0.05) is 23.8 Å². The van der Waals surface area contributed by atoms with Gasteiger partial charge < -0.3 is 10.2 Å². The fourth-order valence-corrected chi connectivity index (χ4v) is 2.61. The van der Waals surface area contributed by atoms with Crippen LogP contribution < -0.4 is 5.32 Å². The second-order valence-corrected chi connectivity index (χ2v) is 5.74. The van der Waals surface area contributed by atoms with Crippen LogP contribution in [0.15, 0.2) is 18.2 Å².